The molecule has 0 aliphatic rings. The molecule has 3 rings (SSSR count). The number of nitrogens with zero attached hydrogens (tertiary/aromatic N) is 2. The van der Waals surface area contributed by atoms with E-state index in [9.17, 15) is 14.4 Å². The molecule has 0 unspecified atom stereocenters. The van der Waals surface area contributed by atoms with Gasteiger partial charge in [-0.05, 0) is 31.5 Å². The van der Waals surface area contributed by atoms with E-state index in [2.05, 4.69) is 20.6 Å². The van der Waals surface area contributed by atoms with Crippen molar-refractivity contribution in [2.75, 3.05) is 24.4 Å². The van der Waals surface area contributed by atoms with Crippen LogP contribution in [0.5, 0.6) is 5.75 Å². The van der Waals surface area contributed by atoms with Crippen molar-refractivity contribution in [2.24, 2.45) is 0 Å². The lowest BCUT2D eigenvalue weighted by molar-refractivity contribution is 0.0527. The van der Waals surface area contributed by atoms with E-state index in [1.807, 2.05) is 0 Å². The number of ether oxygens (including phenoxy) is 2. The number of methoxy groups -OCH3 is 1. The minimum absolute atomic E-state index is 0.0726. The molecule has 2 heterocycles. The first kappa shape index (κ1) is 21.9. The van der Waals surface area contributed by atoms with E-state index in [0.29, 0.717) is 17.0 Å². The van der Waals surface area contributed by atoms with Crippen LogP contribution in [0.4, 0.5) is 10.7 Å². The number of nitrogens with one attached hydrogen (secondary N) is 2. The lowest BCUT2D eigenvalue weighted by atomic mass is 10.1. The molecule has 2 aromatic heterocycles. The molecule has 3 aromatic rings. The number of hydrogen-bond acceptors (Lipinski definition) is 8. The molecule has 0 radical (unpaired) electrons. The normalized spacial score (nSPS) is 10.3. The standard InChI is InChI=1S/C21H20N4O5S/c1-4-30-21(28)16-12(2)17(19(27)24-13-7-5-6-8-15(13)29-3)31-20(16)25-18(26)14-11-22-9-10-23-14/h5-11H,4H2,1-3H3,(H,24,27)(H,25,26). The Balaban J connectivity index is 1.95. The van der Waals surface area contributed by atoms with Gasteiger partial charge in [0, 0.05) is 12.4 Å². The number of carbonyl (C=O) groups is 3. The number of anilines is 2. The zero-order valence-electron chi connectivity index (χ0n) is 17.1. The van der Waals surface area contributed by atoms with E-state index in [1.165, 1.54) is 25.7 Å². The first-order chi connectivity index (χ1) is 15.0. The van der Waals surface area contributed by atoms with Gasteiger partial charge in [0.05, 0.1) is 36.0 Å². The number of carbonyl (C=O) groups excluding carboxylic acids is 3. The van der Waals surface area contributed by atoms with Gasteiger partial charge >= 0.3 is 5.97 Å². The fourth-order valence-corrected chi connectivity index (χ4v) is 3.86. The van der Waals surface area contributed by atoms with Crippen molar-refractivity contribution in [1.29, 1.82) is 0 Å². The molecular weight excluding hydrogens is 420 g/mol. The van der Waals surface area contributed by atoms with Crippen molar-refractivity contribution in [2.45, 2.75) is 13.8 Å². The van der Waals surface area contributed by atoms with Crippen LogP contribution in [-0.4, -0.2) is 41.5 Å². The molecule has 0 bridgehead atoms. The Morgan fingerprint density at radius 3 is 2.55 bits per heavy atom. The third-order valence-electron chi connectivity index (χ3n) is 4.21. The highest BCUT2D eigenvalue weighted by atomic mass is 32.1. The van der Waals surface area contributed by atoms with Crippen LogP contribution < -0.4 is 15.4 Å². The van der Waals surface area contributed by atoms with Crippen LogP contribution in [-0.2, 0) is 4.74 Å². The Morgan fingerprint density at radius 1 is 1.10 bits per heavy atom. The molecule has 0 saturated carbocycles. The van der Waals surface area contributed by atoms with Gasteiger partial charge in [0.25, 0.3) is 11.8 Å². The maximum atomic E-state index is 13.0. The molecule has 0 spiro atoms. The van der Waals surface area contributed by atoms with Crippen LogP contribution in [0.2, 0.25) is 0 Å². The van der Waals surface area contributed by atoms with Gasteiger partial charge < -0.3 is 20.1 Å². The summed E-state index contributed by atoms with van der Waals surface area (Å²) in [7, 11) is 1.50. The summed E-state index contributed by atoms with van der Waals surface area (Å²) < 4.78 is 10.4. The summed E-state index contributed by atoms with van der Waals surface area (Å²) in [5, 5.41) is 5.61. The lowest BCUT2D eigenvalue weighted by Crippen LogP contribution is -2.16. The highest BCUT2D eigenvalue weighted by molar-refractivity contribution is 7.19. The molecule has 0 aliphatic heterocycles. The van der Waals surface area contributed by atoms with Gasteiger partial charge in [-0.1, -0.05) is 12.1 Å². The molecule has 2 N–H and O–H groups in total. The molecule has 1 aromatic carbocycles. The number of benzene rings is 1. The number of esters is 1. The highest BCUT2D eigenvalue weighted by Crippen LogP contribution is 2.35. The maximum absolute atomic E-state index is 13.0. The largest absolute Gasteiger partial charge is 0.495 e. The number of aromatic nitrogens is 2. The van der Waals surface area contributed by atoms with Gasteiger partial charge in [-0.25, -0.2) is 9.78 Å². The number of thiophene rings is 1. The summed E-state index contributed by atoms with van der Waals surface area (Å²) in [5.74, 6) is -1.15. The van der Waals surface area contributed by atoms with E-state index in [1.54, 1.807) is 38.1 Å². The monoisotopic (exact) mass is 440 g/mol. The average molecular weight is 440 g/mol. The van der Waals surface area contributed by atoms with Crippen LogP contribution in [0.3, 0.4) is 0 Å². The SMILES string of the molecule is CCOC(=O)c1c(NC(=O)c2cnccn2)sc(C(=O)Nc2ccccc2OC)c1C. The van der Waals surface area contributed by atoms with Gasteiger partial charge in [-0.2, -0.15) is 0 Å². The first-order valence-corrected chi connectivity index (χ1v) is 10.1. The van der Waals surface area contributed by atoms with E-state index >= 15 is 0 Å². The van der Waals surface area contributed by atoms with Crippen LogP contribution in [0.1, 0.15) is 43.0 Å². The molecule has 9 nitrogen and oxygen atoms in total. The quantitative estimate of drug-likeness (QED) is 0.539. The summed E-state index contributed by atoms with van der Waals surface area (Å²) in [6.45, 7) is 3.44. The van der Waals surface area contributed by atoms with Crippen molar-refractivity contribution in [3.05, 3.63) is 64.6 Å². The summed E-state index contributed by atoms with van der Waals surface area (Å²) in [4.78, 5) is 46.1. The molecule has 0 aliphatic carbocycles. The molecule has 160 valence electrons. The van der Waals surface area contributed by atoms with Gasteiger partial charge in [-0.3, -0.25) is 14.6 Å². The van der Waals surface area contributed by atoms with E-state index in [-0.39, 0.29) is 27.7 Å². The minimum atomic E-state index is -0.637. The fourth-order valence-electron chi connectivity index (χ4n) is 2.78. The van der Waals surface area contributed by atoms with Crippen LogP contribution in [0.25, 0.3) is 0 Å². The van der Waals surface area contributed by atoms with Crippen LogP contribution in [0, 0.1) is 6.92 Å². The van der Waals surface area contributed by atoms with Crippen molar-refractivity contribution < 1.29 is 23.9 Å². The molecule has 2 amide bonds. The van der Waals surface area contributed by atoms with Crippen molar-refractivity contribution in [3.63, 3.8) is 0 Å². The number of amides is 2. The number of para-hydroxylation sites is 2. The summed E-state index contributed by atoms with van der Waals surface area (Å²) in [6, 6.07) is 6.95. The lowest BCUT2D eigenvalue weighted by Gasteiger charge is -2.09. The molecule has 0 fully saturated rings. The Labute approximate surface area is 182 Å². The van der Waals surface area contributed by atoms with Crippen molar-refractivity contribution in [1.82, 2.24) is 9.97 Å². The summed E-state index contributed by atoms with van der Waals surface area (Å²) in [5.41, 5.74) is 1.06. The second-order valence-corrected chi connectivity index (χ2v) is 7.20. The maximum Gasteiger partial charge on any atom is 0.341 e. The molecule has 0 atom stereocenters. The Kier molecular flexibility index (Phi) is 6.93. The minimum Gasteiger partial charge on any atom is -0.495 e. The van der Waals surface area contributed by atoms with Gasteiger partial charge in [0.2, 0.25) is 0 Å². The molecule has 0 saturated heterocycles. The predicted molar refractivity (Wildman–Crippen MR) is 116 cm³/mol. The van der Waals surface area contributed by atoms with E-state index in [4.69, 9.17) is 9.47 Å². The van der Waals surface area contributed by atoms with Crippen LogP contribution in [0.15, 0.2) is 42.9 Å². The van der Waals surface area contributed by atoms with Gasteiger partial charge in [0.15, 0.2) is 0 Å². The summed E-state index contributed by atoms with van der Waals surface area (Å²) in [6.07, 6.45) is 4.12. The third kappa shape index (κ3) is 4.86. The second kappa shape index (κ2) is 9.81. The Morgan fingerprint density at radius 2 is 1.87 bits per heavy atom. The summed E-state index contributed by atoms with van der Waals surface area (Å²) >= 11 is 0.970. The van der Waals surface area contributed by atoms with Crippen LogP contribution >= 0.6 is 11.3 Å². The molecule has 10 heteroatoms. The smallest absolute Gasteiger partial charge is 0.341 e. The van der Waals surface area contributed by atoms with Crippen molar-refractivity contribution >= 4 is 39.8 Å². The predicted octanol–water partition coefficient (Wildman–Crippen LogP) is 3.54. The van der Waals surface area contributed by atoms with Gasteiger partial charge in [-0.15, -0.1) is 11.3 Å². The van der Waals surface area contributed by atoms with Crippen molar-refractivity contribution in [3.8, 4) is 5.75 Å². The second-order valence-electron chi connectivity index (χ2n) is 6.18. The first-order valence-electron chi connectivity index (χ1n) is 9.28. The zero-order valence-corrected chi connectivity index (χ0v) is 17.9. The molecule has 31 heavy (non-hydrogen) atoms. The van der Waals surface area contributed by atoms with E-state index < -0.39 is 17.8 Å². The van der Waals surface area contributed by atoms with Gasteiger partial charge in [0.1, 0.15) is 16.4 Å². The Bertz CT molecular complexity index is 1110. The van der Waals surface area contributed by atoms with E-state index in [0.717, 1.165) is 11.3 Å². The Hall–Kier alpha value is -3.79. The molecular formula is C21H20N4O5S. The number of rotatable bonds is 7. The zero-order chi connectivity index (χ0) is 22.4. The highest BCUT2D eigenvalue weighted by Gasteiger charge is 2.27. The third-order valence-corrected chi connectivity index (χ3v) is 5.42. The number of hydrogen-bond donors (Lipinski definition) is 2. The fraction of sp³-hybridized carbons (Fsp3) is 0.190. The topological polar surface area (TPSA) is 120 Å². The average Bonchev–Trinajstić information content (AvgIpc) is 3.10.